The summed E-state index contributed by atoms with van der Waals surface area (Å²) < 4.78 is 2.01. The van der Waals surface area contributed by atoms with Crippen LogP contribution in [0, 0.1) is 0 Å². The maximum Gasteiger partial charge on any atom is 0.0543 e. The van der Waals surface area contributed by atoms with Crippen LogP contribution in [0.15, 0.2) is 12.4 Å². The monoisotopic (exact) mass is 193 g/mol. The number of aromatic nitrogens is 2. The molecule has 0 unspecified atom stereocenters. The topological polar surface area (TPSA) is 43.8 Å². The normalized spacial score (nSPS) is 19.7. The van der Waals surface area contributed by atoms with Crippen molar-refractivity contribution < 1.29 is 0 Å². The lowest BCUT2D eigenvalue weighted by Crippen LogP contribution is -2.24. The summed E-state index contributed by atoms with van der Waals surface area (Å²) in [4.78, 5) is 0. The molecule has 0 amide bonds. The molecule has 1 saturated carbocycles. The Bertz CT molecular complexity index is 329. The molecule has 1 fully saturated rings. The minimum absolute atomic E-state index is 0.0730. The Balaban J connectivity index is 2.10. The molecule has 1 heterocycles. The van der Waals surface area contributed by atoms with Gasteiger partial charge in [0.15, 0.2) is 0 Å². The Morgan fingerprint density at radius 2 is 2.14 bits per heavy atom. The molecule has 2 rings (SSSR count). The Kier molecular flexibility index (Phi) is 1.96. The van der Waals surface area contributed by atoms with Crippen molar-refractivity contribution in [2.24, 2.45) is 5.73 Å². The fourth-order valence-electron chi connectivity index (χ4n) is 1.56. The standard InChI is InChI=1S/C11H19N3/c1-10(2,3)14-8-9(7-13-14)6-11(12)4-5-11/h7-8H,4-6,12H2,1-3H3. The molecule has 0 bridgehead atoms. The van der Waals surface area contributed by atoms with Gasteiger partial charge in [0.1, 0.15) is 0 Å². The van der Waals surface area contributed by atoms with Crippen LogP contribution in [0.4, 0.5) is 0 Å². The molecule has 0 atom stereocenters. The second-order valence-corrected chi connectivity index (χ2v) is 5.50. The summed E-state index contributed by atoms with van der Waals surface area (Å²) in [6.07, 6.45) is 7.36. The Hall–Kier alpha value is -0.830. The van der Waals surface area contributed by atoms with Gasteiger partial charge in [0.25, 0.3) is 0 Å². The average Bonchev–Trinajstić information content (AvgIpc) is 2.61. The summed E-state index contributed by atoms with van der Waals surface area (Å²) in [6, 6.07) is 0. The van der Waals surface area contributed by atoms with Crippen molar-refractivity contribution in [3.63, 3.8) is 0 Å². The fraction of sp³-hybridized carbons (Fsp3) is 0.727. The second-order valence-electron chi connectivity index (χ2n) is 5.50. The maximum atomic E-state index is 6.06. The zero-order chi connectivity index (χ0) is 10.4. The van der Waals surface area contributed by atoms with Crippen LogP contribution in [-0.4, -0.2) is 15.3 Å². The number of hydrogen-bond donors (Lipinski definition) is 1. The van der Waals surface area contributed by atoms with Crippen molar-refractivity contribution in [2.45, 2.75) is 51.1 Å². The highest BCUT2D eigenvalue weighted by Gasteiger charge is 2.38. The summed E-state index contributed by atoms with van der Waals surface area (Å²) in [5, 5.41) is 4.36. The smallest absolute Gasteiger partial charge is 0.0543 e. The molecule has 14 heavy (non-hydrogen) atoms. The summed E-state index contributed by atoms with van der Waals surface area (Å²) in [6.45, 7) is 6.46. The van der Waals surface area contributed by atoms with Crippen LogP contribution in [0.5, 0.6) is 0 Å². The van der Waals surface area contributed by atoms with E-state index in [1.54, 1.807) is 0 Å². The van der Waals surface area contributed by atoms with Gasteiger partial charge in [0.05, 0.1) is 11.7 Å². The third-order valence-corrected chi connectivity index (χ3v) is 2.77. The first-order valence-electron chi connectivity index (χ1n) is 5.22. The first-order chi connectivity index (χ1) is 6.39. The van der Waals surface area contributed by atoms with Gasteiger partial charge in [0, 0.05) is 11.7 Å². The lowest BCUT2D eigenvalue weighted by atomic mass is 10.1. The average molecular weight is 193 g/mol. The first kappa shape index (κ1) is 9.71. The van der Waals surface area contributed by atoms with Gasteiger partial charge < -0.3 is 5.73 Å². The van der Waals surface area contributed by atoms with Crippen molar-refractivity contribution in [2.75, 3.05) is 0 Å². The van der Waals surface area contributed by atoms with E-state index < -0.39 is 0 Å². The molecule has 0 spiro atoms. The van der Waals surface area contributed by atoms with E-state index in [4.69, 9.17) is 5.73 Å². The molecule has 1 aliphatic rings. The summed E-state index contributed by atoms with van der Waals surface area (Å²) in [5.41, 5.74) is 7.49. The molecule has 0 radical (unpaired) electrons. The molecule has 3 heteroatoms. The predicted octanol–water partition coefficient (Wildman–Crippen LogP) is 1.67. The quantitative estimate of drug-likeness (QED) is 0.776. The van der Waals surface area contributed by atoms with Crippen molar-refractivity contribution in [3.8, 4) is 0 Å². The van der Waals surface area contributed by atoms with E-state index in [-0.39, 0.29) is 11.1 Å². The van der Waals surface area contributed by atoms with E-state index >= 15 is 0 Å². The zero-order valence-corrected chi connectivity index (χ0v) is 9.25. The molecule has 0 aromatic carbocycles. The van der Waals surface area contributed by atoms with Gasteiger partial charge in [0.2, 0.25) is 0 Å². The van der Waals surface area contributed by atoms with E-state index in [2.05, 4.69) is 32.1 Å². The van der Waals surface area contributed by atoms with Crippen molar-refractivity contribution >= 4 is 0 Å². The Morgan fingerprint density at radius 3 is 2.57 bits per heavy atom. The van der Waals surface area contributed by atoms with Gasteiger partial charge in [-0.05, 0) is 45.6 Å². The number of nitrogens with two attached hydrogens (primary N) is 1. The molecular weight excluding hydrogens is 174 g/mol. The molecular formula is C11H19N3. The molecule has 0 aliphatic heterocycles. The minimum atomic E-state index is 0.0730. The molecule has 1 aromatic heterocycles. The predicted molar refractivity (Wildman–Crippen MR) is 57.1 cm³/mol. The lowest BCUT2D eigenvalue weighted by molar-refractivity contribution is 0.355. The fourth-order valence-corrected chi connectivity index (χ4v) is 1.56. The van der Waals surface area contributed by atoms with Crippen molar-refractivity contribution in [1.82, 2.24) is 9.78 Å². The SMILES string of the molecule is CC(C)(C)n1cc(CC2(N)CC2)cn1. The summed E-state index contributed by atoms with van der Waals surface area (Å²) >= 11 is 0. The highest BCUT2D eigenvalue weighted by Crippen LogP contribution is 2.35. The van der Waals surface area contributed by atoms with Crippen molar-refractivity contribution in [1.29, 1.82) is 0 Å². The third-order valence-electron chi connectivity index (χ3n) is 2.77. The van der Waals surface area contributed by atoms with Crippen LogP contribution in [0.3, 0.4) is 0 Å². The third kappa shape index (κ3) is 1.98. The summed E-state index contributed by atoms with van der Waals surface area (Å²) in [7, 11) is 0. The largest absolute Gasteiger partial charge is 0.325 e. The Morgan fingerprint density at radius 1 is 1.50 bits per heavy atom. The van der Waals surface area contributed by atoms with Crippen LogP contribution in [0.2, 0.25) is 0 Å². The first-order valence-corrected chi connectivity index (χ1v) is 5.22. The van der Waals surface area contributed by atoms with E-state index in [1.807, 2.05) is 10.9 Å². The van der Waals surface area contributed by atoms with Crippen molar-refractivity contribution in [3.05, 3.63) is 18.0 Å². The van der Waals surface area contributed by atoms with Gasteiger partial charge in [-0.15, -0.1) is 0 Å². The van der Waals surface area contributed by atoms with Crippen LogP contribution in [0.25, 0.3) is 0 Å². The maximum absolute atomic E-state index is 6.06. The number of nitrogens with zero attached hydrogens (tertiary/aromatic N) is 2. The minimum Gasteiger partial charge on any atom is -0.325 e. The van der Waals surface area contributed by atoms with Crippen LogP contribution in [-0.2, 0) is 12.0 Å². The molecule has 2 N–H and O–H groups in total. The molecule has 3 nitrogen and oxygen atoms in total. The zero-order valence-electron chi connectivity index (χ0n) is 9.25. The van der Waals surface area contributed by atoms with E-state index in [0.29, 0.717) is 0 Å². The van der Waals surface area contributed by atoms with Gasteiger partial charge in [-0.3, -0.25) is 4.68 Å². The van der Waals surface area contributed by atoms with Crippen LogP contribution >= 0.6 is 0 Å². The van der Waals surface area contributed by atoms with E-state index in [0.717, 1.165) is 19.3 Å². The van der Waals surface area contributed by atoms with Gasteiger partial charge in [-0.2, -0.15) is 5.10 Å². The lowest BCUT2D eigenvalue weighted by Gasteiger charge is -2.18. The molecule has 1 aromatic rings. The van der Waals surface area contributed by atoms with Crippen LogP contribution in [0.1, 0.15) is 39.2 Å². The highest BCUT2D eigenvalue weighted by atomic mass is 15.3. The van der Waals surface area contributed by atoms with E-state index in [1.165, 1.54) is 5.56 Å². The number of hydrogen-bond acceptors (Lipinski definition) is 2. The highest BCUT2D eigenvalue weighted by molar-refractivity contribution is 5.15. The van der Waals surface area contributed by atoms with Crippen LogP contribution < -0.4 is 5.73 Å². The molecule has 1 aliphatic carbocycles. The molecule has 78 valence electrons. The Labute approximate surface area is 85.3 Å². The molecule has 0 saturated heterocycles. The number of rotatable bonds is 2. The van der Waals surface area contributed by atoms with E-state index in [9.17, 15) is 0 Å². The van der Waals surface area contributed by atoms with Gasteiger partial charge in [-0.1, -0.05) is 0 Å². The van der Waals surface area contributed by atoms with Gasteiger partial charge in [-0.25, -0.2) is 0 Å². The van der Waals surface area contributed by atoms with Gasteiger partial charge >= 0.3 is 0 Å². The second kappa shape index (κ2) is 2.83. The summed E-state index contributed by atoms with van der Waals surface area (Å²) in [5.74, 6) is 0.